The second-order valence-electron chi connectivity index (χ2n) is 3.82. The second kappa shape index (κ2) is 5.75. The minimum atomic E-state index is -0.815. The highest BCUT2D eigenvalue weighted by Gasteiger charge is 2.11. The molecule has 0 radical (unpaired) electrons. The molecule has 0 amide bonds. The average molecular weight is 297 g/mol. The molecule has 0 saturated carbocycles. The number of nitrogens with zero attached hydrogens (tertiary/aromatic N) is 2. The van der Waals surface area contributed by atoms with Crippen LogP contribution in [-0.4, -0.2) is 11.1 Å². The van der Waals surface area contributed by atoms with E-state index in [4.69, 9.17) is 11.6 Å². The van der Waals surface area contributed by atoms with Crippen molar-refractivity contribution in [3.63, 3.8) is 0 Å². The van der Waals surface area contributed by atoms with Crippen molar-refractivity contribution >= 4 is 29.2 Å². The van der Waals surface area contributed by atoms with Crippen molar-refractivity contribution in [3.05, 3.63) is 68.7 Å². The van der Waals surface area contributed by atoms with Crippen LogP contribution in [0.25, 0.3) is 0 Å². The predicted octanol–water partition coefficient (Wildman–Crippen LogP) is 4.28. The van der Waals surface area contributed by atoms with Gasteiger partial charge in [-0.1, -0.05) is 17.7 Å². The molecule has 2 rings (SSSR count). The number of benzene rings is 2. The zero-order valence-electron chi connectivity index (χ0n) is 9.89. The molecule has 0 N–H and O–H groups in total. The summed E-state index contributed by atoms with van der Waals surface area (Å²) in [5.41, 5.74) is 0.0454. The van der Waals surface area contributed by atoms with E-state index in [0.717, 1.165) is 6.07 Å². The summed E-state index contributed by atoms with van der Waals surface area (Å²) in [7, 11) is 0. The number of nitro groups is 1. The third-order valence-corrected chi connectivity index (χ3v) is 2.75. The van der Waals surface area contributed by atoms with Crippen LogP contribution in [0.1, 0.15) is 5.56 Å². The largest absolute Gasteiger partial charge is 0.288 e. The lowest BCUT2D eigenvalue weighted by Crippen LogP contribution is -1.91. The zero-order chi connectivity index (χ0) is 14.7. The quantitative estimate of drug-likeness (QED) is 0.482. The van der Waals surface area contributed by atoms with Gasteiger partial charge in [-0.25, -0.2) is 8.78 Å². The van der Waals surface area contributed by atoms with Gasteiger partial charge in [0.2, 0.25) is 0 Å². The molecule has 2 aromatic carbocycles. The maximum absolute atomic E-state index is 13.3. The first-order valence-corrected chi connectivity index (χ1v) is 5.78. The molecule has 0 aromatic heterocycles. The smallest absolute Gasteiger partial charge is 0.258 e. The molecule has 0 aliphatic heterocycles. The van der Waals surface area contributed by atoms with E-state index in [1.165, 1.54) is 30.5 Å². The average Bonchev–Trinajstić information content (AvgIpc) is 2.39. The number of nitro benzene ring substituents is 1. The van der Waals surface area contributed by atoms with Crippen molar-refractivity contribution in [3.8, 4) is 0 Å². The van der Waals surface area contributed by atoms with Crippen molar-refractivity contribution < 1.29 is 13.7 Å². The van der Waals surface area contributed by atoms with Crippen LogP contribution in [0.15, 0.2) is 41.4 Å². The minimum Gasteiger partial charge on any atom is -0.258 e. The van der Waals surface area contributed by atoms with Crippen LogP contribution >= 0.6 is 11.6 Å². The summed E-state index contributed by atoms with van der Waals surface area (Å²) in [6.07, 6.45) is 1.24. The van der Waals surface area contributed by atoms with Crippen LogP contribution in [0.4, 0.5) is 20.2 Å². The summed E-state index contributed by atoms with van der Waals surface area (Å²) in [5, 5.41) is 10.7. The van der Waals surface area contributed by atoms with Gasteiger partial charge in [-0.15, -0.1) is 0 Å². The molecule has 20 heavy (non-hydrogen) atoms. The van der Waals surface area contributed by atoms with Gasteiger partial charge in [-0.3, -0.25) is 15.1 Å². The van der Waals surface area contributed by atoms with E-state index in [9.17, 15) is 18.9 Å². The summed E-state index contributed by atoms with van der Waals surface area (Å²) in [4.78, 5) is 13.9. The summed E-state index contributed by atoms with van der Waals surface area (Å²) >= 11 is 5.66. The normalized spacial score (nSPS) is 10.9. The number of aliphatic imine (C=N–C) groups is 1. The van der Waals surface area contributed by atoms with Crippen molar-refractivity contribution in [1.29, 1.82) is 0 Å². The van der Waals surface area contributed by atoms with E-state index in [-0.39, 0.29) is 16.4 Å². The highest BCUT2D eigenvalue weighted by atomic mass is 35.5. The fourth-order valence-electron chi connectivity index (χ4n) is 1.48. The predicted molar refractivity (Wildman–Crippen MR) is 71.7 cm³/mol. The Hall–Kier alpha value is -2.34. The van der Waals surface area contributed by atoms with E-state index in [0.29, 0.717) is 11.6 Å². The standard InChI is InChI=1S/C13H7ClF2N2O2/c14-10-3-1-8(5-13(10)18(19)20)7-17-12-4-2-9(15)6-11(12)16/h1-7H. The molecule has 0 aliphatic rings. The molecule has 0 atom stereocenters. The molecular formula is C13H7ClF2N2O2. The maximum Gasteiger partial charge on any atom is 0.288 e. The van der Waals surface area contributed by atoms with Crippen LogP contribution in [0.2, 0.25) is 5.02 Å². The Bertz CT molecular complexity index is 705. The highest BCUT2D eigenvalue weighted by Crippen LogP contribution is 2.25. The molecule has 2 aromatic rings. The molecule has 0 fully saturated rings. The lowest BCUT2D eigenvalue weighted by atomic mass is 10.2. The van der Waals surface area contributed by atoms with E-state index in [1.54, 1.807) is 0 Å². The van der Waals surface area contributed by atoms with E-state index in [2.05, 4.69) is 4.99 Å². The van der Waals surface area contributed by atoms with Gasteiger partial charge in [-0.2, -0.15) is 0 Å². The molecule has 0 saturated heterocycles. The van der Waals surface area contributed by atoms with Gasteiger partial charge in [0.1, 0.15) is 10.8 Å². The van der Waals surface area contributed by atoms with Crippen LogP contribution in [0.5, 0.6) is 0 Å². The van der Waals surface area contributed by atoms with Crippen LogP contribution in [0.3, 0.4) is 0 Å². The molecular weight excluding hydrogens is 290 g/mol. The lowest BCUT2D eigenvalue weighted by molar-refractivity contribution is -0.384. The van der Waals surface area contributed by atoms with Gasteiger partial charge in [0, 0.05) is 18.3 Å². The Balaban J connectivity index is 2.32. The van der Waals surface area contributed by atoms with Gasteiger partial charge in [0.25, 0.3) is 5.69 Å². The SMILES string of the molecule is O=[N+]([O-])c1cc(C=Nc2ccc(F)cc2F)ccc1Cl. The molecule has 7 heteroatoms. The monoisotopic (exact) mass is 296 g/mol. The molecule has 0 unspecified atom stereocenters. The molecule has 0 spiro atoms. The third-order valence-electron chi connectivity index (χ3n) is 2.43. The van der Waals surface area contributed by atoms with Gasteiger partial charge in [0.05, 0.1) is 10.6 Å². The molecule has 0 aliphatic carbocycles. The third kappa shape index (κ3) is 3.16. The Kier molecular flexibility index (Phi) is 4.05. The lowest BCUT2D eigenvalue weighted by Gasteiger charge is -1.98. The highest BCUT2D eigenvalue weighted by molar-refractivity contribution is 6.32. The fourth-order valence-corrected chi connectivity index (χ4v) is 1.67. The first-order valence-electron chi connectivity index (χ1n) is 5.40. The van der Waals surface area contributed by atoms with Gasteiger partial charge < -0.3 is 0 Å². The summed E-state index contributed by atoms with van der Waals surface area (Å²) in [5.74, 6) is -1.52. The Morgan fingerprint density at radius 3 is 2.60 bits per heavy atom. The second-order valence-corrected chi connectivity index (χ2v) is 4.23. The zero-order valence-corrected chi connectivity index (χ0v) is 10.6. The number of hydrogen-bond donors (Lipinski definition) is 0. The van der Waals surface area contributed by atoms with Crippen molar-refractivity contribution in [2.75, 3.05) is 0 Å². The molecule has 102 valence electrons. The Labute approximate surface area is 117 Å². The number of halogens is 3. The van der Waals surface area contributed by atoms with Crippen molar-refractivity contribution in [1.82, 2.24) is 0 Å². The summed E-state index contributed by atoms with van der Waals surface area (Å²) in [6, 6.07) is 7.01. The first-order chi connectivity index (χ1) is 9.47. The van der Waals surface area contributed by atoms with Crippen LogP contribution in [-0.2, 0) is 0 Å². The Morgan fingerprint density at radius 1 is 1.20 bits per heavy atom. The van der Waals surface area contributed by atoms with Crippen LogP contribution in [0, 0.1) is 21.7 Å². The first kappa shape index (κ1) is 14.1. The summed E-state index contributed by atoms with van der Waals surface area (Å²) in [6.45, 7) is 0. The maximum atomic E-state index is 13.3. The number of rotatable bonds is 3. The van der Waals surface area contributed by atoms with E-state index < -0.39 is 16.6 Å². The topological polar surface area (TPSA) is 55.5 Å². The Morgan fingerprint density at radius 2 is 1.95 bits per heavy atom. The van der Waals surface area contributed by atoms with E-state index in [1.807, 2.05) is 0 Å². The number of hydrogen-bond acceptors (Lipinski definition) is 3. The molecule has 0 bridgehead atoms. The van der Waals surface area contributed by atoms with Gasteiger partial charge >= 0.3 is 0 Å². The van der Waals surface area contributed by atoms with Crippen LogP contribution < -0.4 is 0 Å². The van der Waals surface area contributed by atoms with Crippen molar-refractivity contribution in [2.24, 2.45) is 4.99 Å². The summed E-state index contributed by atoms with van der Waals surface area (Å²) < 4.78 is 26.1. The molecule has 0 heterocycles. The van der Waals surface area contributed by atoms with Gasteiger partial charge in [-0.05, 0) is 23.8 Å². The van der Waals surface area contributed by atoms with Gasteiger partial charge in [0.15, 0.2) is 5.82 Å². The molecule has 4 nitrogen and oxygen atoms in total. The van der Waals surface area contributed by atoms with E-state index >= 15 is 0 Å². The minimum absolute atomic E-state index is 0.000104. The van der Waals surface area contributed by atoms with Crippen molar-refractivity contribution in [2.45, 2.75) is 0 Å². The fraction of sp³-hybridized carbons (Fsp3) is 0.